The van der Waals surface area contributed by atoms with Gasteiger partial charge in [-0.2, -0.15) is 5.10 Å². The fourth-order valence-electron chi connectivity index (χ4n) is 3.47. The van der Waals surface area contributed by atoms with Crippen molar-refractivity contribution in [3.05, 3.63) is 59.2 Å². The number of para-hydroxylation sites is 1. The number of anilines is 2. The van der Waals surface area contributed by atoms with Crippen molar-refractivity contribution >= 4 is 57.1 Å². The van der Waals surface area contributed by atoms with Crippen molar-refractivity contribution in [1.29, 1.82) is 0 Å². The van der Waals surface area contributed by atoms with Gasteiger partial charge in [0, 0.05) is 40.1 Å². The summed E-state index contributed by atoms with van der Waals surface area (Å²) in [6, 6.07) is 15.4. The van der Waals surface area contributed by atoms with E-state index in [1.165, 1.54) is 4.31 Å². The molecule has 1 fully saturated rings. The van der Waals surface area contributed by atoms with Crippen LogP contribution in [0, 0.1) is 0 Å². The molecule has 4 rings (SSSR count). The molecule has 3 aromatic rings. The fraction of sp³-hybridized carbons (Fsp3) is 0.250. The highest BCUT2D eigenvalue weighted by molar-refractivity contribution is 9.10. The van der Waals surface area contributed by atoms with E-state index in [4.69, 9.17) is 0 Å². The number of thiol groups is 1. The van der Waals surface area contributed by atoms with E-state index in [2.05, 4.69) is 55.2 Å². The lowest BCUT2D eigenvalue weighted by Gasteiger charge is -2.36. The number of aromatic nitrogens is 2. The average Bonchev–Trinajstić information content (AvgIpc) is 2.73. The summed E-state index contributed by atoms with van der Waals surface area (Å²) in [5.41, 5.74) is 0.765. The first-order valence-electron chi connectivity index (χ1n) is 9.12. The highest BCUT2D eigenvalue weighted by Gasteiger charge is 2.27. The number of carbonyl (C=O) groups is 1. The molecule has 1 aliphatic heterocycles. The molecule has 2 aromatic carbocycles. The third-order valence-electron chi connectivity index (χ3n) is 4.95. The van der Waals surface area contributed by atoms with Crippen LogP contribution in [0.1, 0.15) is 12.8 Å². The molecule has 1 aliphatic rings. The molecule has 8 heteroatoms. The van der Waals surface area contributed by atoms with Crippen LogP contribution in [0.2, 0.25) is 0 Å². The Hall–Kier alpha value is -2.32. The van der Waals surface area contributed by atoms with E-state index in [0.717, 1.165) is 52.7 Å². The van der Waals surface area contributed by atoms with Crippen molar-refractivity contribution in [2.45, 2.75) is 18.9 Å². The molecule has 0 aliphatic carbocycles. The summed E-state index contributed by atoms with van der Waals surface area (Å²) in [6.45, 7) is 1.59. The van der Waals surface area contributed by atoms with Gasteiger partial charge in [0.2, 0.25) is 0 Å². The summed E-state index contributed by atoms with van der Waals surface area (Å²) >= 11 is 7.96. The van der Waals surface area contributed by atoms with Crippen molar-refractivity contribution in [1.82, 2.24) is 14.5 Å². The largest absolute Gasteiger partial charge is 0.354 e. The van der Waals surface area contributed by atoms with Crippen LogP contribution in [-0.4, -0.2) is 39.7 Å². The van der Waals surface area contributed by atoms with Crippen molar-refractivity contribution in [3.8, 4) is 0 Å². The molecular weight excluding hydrogens is 438 g/mol. The van der Waals surface area contributed by atoms with Crippen LogP contribution in [0.15, 0.2) is 59.2 Å². The Kier molecular flexibility index (Phi) is 5.68. The highest BCUT2D eigenvalue weighted by atomic mass is 79.9. The molecule has 1 N–H and O–H groups in total. The third-order valence-corrected chi connectivity index (χ3v) is 5.95. The number of benzene rings is 2. The quantitative estimate of drug-likeness (QED) is 0.557. The summed E-state index contributed by atoms with van der Waals surface area (Å²) in [5, 5.41) is 13.5. The zero-order valence-electron chi connectivity index (χ0n) is 15.1. The number of urea groups is 1. The average molecular weight is 458 g/mol. The lowest BCUT2D eigenvalue weighted by molar-refractivity contribution is 0.223. The second-order valence-electron chi connectivity index (χ2n) is 6.76. The van der Waals surface area contributed by atoms with Gasteiger partial charge in [0.1, 0.15) is 0 Å². The minimum absolute atomic E-state index is 0.0698. The summed E-state index contributed by atoms with van der Waals surface area (Å²) < 4.78 is 2.53. The van der Waals surface area contributed by atoms with E-state index in [1.807, 2.05) is 42.5 Å². The maximum atomic E-state index is 12.5. The smallest absolute Gasteiger partial charge is 0.331 e. The fourth-order valence-corrected chi connectivity index (χ4v) is 4.13. The van der Waals surface area contributed by atoms with Gasteiger partial charge in [0.05, 0.1) is 6.20 Å². The van der Waals surface area contributed by atoms with Crippen LogP contribution in [-0.2, 0) is 0 Å². The lowest BCUT2D eigenvalue weighted by atomic mass is 10.0. The van der Waals surface area contributed by atoms with Crippen molar-refractivity contribution < 1.29 is 4.79 Å². The number of amides is 2. The van der Waals surface area contributed by atoms with E-state index in [1.54, 1.807) is 6.20 Å². The summed E-state index contributed by atoms with van der Waals surface area (Å²) in [6.07, 6.45) is 3.42. The van der Waals surface area contributed by atoms with Crippen molar-refractivity contribution in [2.75, 3.05) is 23.3 Å². The number of nitrogens with one attached hydrogen (secondary N) is 1. The molecule has 6 nitrogen and oxygen atoms in total. The van der Waals surface area contributed by atoms with E-state index < -0.39 is 0 Å². The molecule has 144 valence electrons. The van der Waals surface area contributed by atoms with Crippen LogP contribution in [0.25, 0.3) is 10.8 Å². The minimum atomic E-state index is -0.206. The summed E-state index contributed by atoms with van der Waals surface area (Å²) in [7, 11) is 0. The van der Waals surface area contributed by atoms with Crippen LogP contribution in [0.5, 0.6) is 0 Å². The molecule has 2 heterocycles. The SMILES string of the molecule is O=C(Nc1ccccc1)N(S)C1CCN(c2nncc3cc(Br)ccc23)CC1. The van der Waals surface area contributed by atoms with Gasteiger partial charge in [-0.3, -0.25) is 4.31 Å². The molecule has 0 radical (unpaired) electrons. The van der Waals surface area contributed by atoms with Crippen LogP contribution >= 0.6 is 28.7 Å². The van der Waals surface area contributed by atoms with Crippen LogP contribution in [0.4, 0.5) is 16.3 Å². The molecule has 28 heavy (non-hydrogen) atoms. The molecule has 0 saturated carbocycles. The van der Waals surface area contributed by atoms with Gasteiger partial charge in [-0.25, -0.2) is 4.79 Å². The second kappa shape index (κ2) is 8.36. The molecule has 0 bridgehead atoms. The number of carbonyl (C=O) groups excluding carboxylic acids is 1. The van der Waals surface area contributed by atoms with E-state index in [-0.39, 0.29) is 12.1 Å². The summed E-state index contributed by atoms with van der Waals surface area (Å²) in [5.74, 6) is 0.892. The number of fused-ring (bicyclic) bond motifs is 1. The zero-order chi connectivity index (χ0) is 19.5. The monoisotopic (exact) mass is 457 g/mol. The Bertz CT molecular complexity index is 979. The van der Waals surface area contributed by atoms with E-state index in [0.29, 0.717) is 0 Å². The van der Waals surface area contributed by atoms with Crippen molar-refractivity contribution in [2.24, 2.45) is 0 Å². The predicted molar refractivity (Wildman–Crippen MR) is 119 cm³/mol. The number of halogens is 1. The van der Waals surface area contributed by atoms with Gasteiger partial charge in [-0.05, 0) is 43.2 Å². The lowest BCUT2D eigenvalue weighted by Crippen LogP contribution is -2.45. The van der Waals surface area contributed by atoms with Crippen LogP contribution < -0.4 is 10.2 Å². The van der Waals surface area contributed by atoms with E-state index in [9.17, 15) is 4.79 Å². The van der Waals surface area contributed by atoms with Gasteiger partial charge < -0.3 is 10.2 Å². The summed E-state index contributed by atoms with van der Waals surface area (Å²) in [4.78, 5) is 14.7. The number of rotatable bonds is 3. The second-order valence-corrected chi connectivity index (χ2v) is 8.11. The first-order chi connectivity index (χ1) is 13.6. The Morgan fingerprint density at radius 2 is 1.93 bits per heavy atom. The van der Waals surface area contributed by atoms with Crippen LogP contribution in [0.3, 0.4) is 0 Å². The van der Waals surface area contributed by atoms with E-state index >= 15 is 0 Å². The normalized spacial score (nSPS) is 14.9. The highest BCUT2D eigenvalue weighted by Crippen LogP contribution is 2.29. The first-order valence-corrected chi connectivity index (χ1v) is 10.3. The molecular formula is C20H20BrN5OS. The number of nitrogens with zero attached hydrogens (tertiary/aromatic N) is 4. The van der Waals surface area contributed by atoms with Gasteiger partial charge in [0.25, 0.3) is 0 Å². The number of hydrogen-bond donors (Lipinski definition) is 2. The topological polar surface area (TPSA) is 61.4 Å². The molecule has 2 amide bonds. The Morgan fingerprint density at radius 1 is 1.18 bits per heavy atom. The third kappa shape index (κ3) is 4.07. The Balaban J connectivity index is 1.41. The van der Waals surface area contributed by atoms with Gasteiger partial charge in [0.15, 0.2) is 5.82 Å². The molecule has 0 spiro atoms. The molecule has 1 aromatic heterocycles. The maximum absolute atomic E-state index is 12.5. The molecule has 0 atom stereocenters. The molecule has 1 saturated heterocycles. The minimum Gasteiger partial charge on any atom is -0.354 e. The Labute approximate surface area is 177 Å². The first kappa shape index (κ1) is 19.0. The standard InChI is InChI=1S/C20H20BrN5OS/c21-15-6-7-18-14(12-15)13-22-24-19(18)25-10-8-17(9-11-25)26(28)20(27)23-16-4-2-1-3-5-16/h1-7,12-13,17,28H,8-11H2,(H,23,27). The van der Waals surface area contributed by atoms with Gasteiger partial charge in [-0.1, -0.05) is 46.9 Å². The molecule has 0 unspecified atom stereocenters. The zero-order valence-corrected chi connectivity index (χ0v) is 17.6. The van der Waals surface area contributed by atoms with Gasteiger partial charge in [-0.15, -0.1) is 5.10 Å². The predicted octanol–water partition coefficient (Wildman–Crippen LogP) is 4.74. The number of piperidine rings is 1. The Morgan fingerprint density at radius 3 is 2.68 bits per heavy atom. The maximum Gasteiger partial charge on any atom is 0.331 e. The number of hydrogen-bond acceptors (Lipinski definition) is 5. The van der Waals surface area contributed by atoms with Crippen molar-refractivity contribution in [3.63, 3.8) is 0 Å². The van der Waals surface area contributed by atoms with Gasteiger partial charge >= 0.3 is 6.03 Å².